The van der Waals surface area contributed by atoms with Crippen molar-refractivity contribution >= 4 is 23.2 Å². The zero-order valence-electron chi connectivity index (χ0n) is 16.2. The minimum absolute atomic E-state index is 0.0698. The second kappa shape index (κ2) is 4.68. The van der Waals surface area contributed by atoms with Gasteiger partial charge in [0.2, 0.25) is 5.91 Å². The fourth-order valence-corrected chi connectivity index (χ4v) is 7.65. The molecule has 4 aliphatic carbocycles. The third-order valence-corrected chi connectivity index (χ3v) is 8.61. The summed E-state index contributed by atoms with van der Waals surface area (Å²) in [6, 6.07) is 8.29. The van der Waals surface area contributed by atoms with Crippen LogP contribution in [0.3, 0.4) is 0 Å². The Balaban J connectivity index is 1.31. The highest BCUT2D eigenvalue weighted by Crippen LogP contribution is 2.82. The van der Waals surface area contributed by atoms with E-state index in [-0.39, 0.29) is 11.8 Å². The summed E-state index contributed by atoms with van der Waals surface area (Å²) in [6.45, 7) is 5.56. The van der Waals surface area contributed by atoms with E-state index in [2.05, 4.69) is 15.3 Å². The van der Waals surface area contributed by atoms with Gasteiger partial charge in [-0.3, -0.25) is 14.6 Å². The predicted octanol–water partition coefficient (Wildman–Crippen LogP) is 3.42. The molecule has 2 amide bonds. The van der Waals surface area contributed by atoms with Gasteiger partial charge in [-0.15, -0.1) is 0 Å². The molecule has 6 unspecified atom stereocenters. The average molecular weight is 365 g/mol. The Morgan fingerprint density at radius 3 is 2.44 bits per heavy atom. The van der Waals surface area contributed by atoms with E-state index in [9.17, 15) is 9.59 Å². The molecule has 0 radical (unpaired) electrons. The number of carbonyl (C=O) groups excluding carboxylic acids is 2. The van der Waals surface area contributed by atoms with Crippen molar-refractivity contribution in [2.24, 2.45) is 29.1 Å². The molecule has 1 saturated heterocycles. The summed E-state index contributed by atoms with van der Waals surface area (Å²) < 4.78 is 0. The molecule has 5 aliphatic rings. The van der Waals surface area contributed by atoms with Gasteiger partial charge < -0.3 is 5.32 Å². The highest BCUT2D eigenvalue weighted by molar-refractivity contribution is 5.98. The van der Waals surface area contributed by atoms with E-state index in [1.54, 1.807) is 0 Å². The molecule has 142 valence electrons. The fourth-order valence-electron chi connectivity index (χ4n) is 7.65. The zero-order valence-corrected chi connectivity index (χ0v) is 16.2. The largest absolute Gasteiger partial charge is 0.326 e. The first-order valence-corrected chi connectivity index (χ1v) is 10.4. The molecule has 1 aromatic rings. The van der Waals surface area contributed by atoms with Gasteiger partial charge in [-0.2, -0.15) is 0 Å². The molecule has 1 N–H and O–H groups in total. The first-order valence-electron chi connectivity index (χ1n) is 10.4. The second-order valence-corrected chi connectivity index (χ2v) is 10.0. The van der Waals surface area contributed by atoms with Crippen molar-refractivity contribution in [1.82, 2.24) is 5.01 Å². The predicted molar refractivity (Wildman–Crippen MR) is 103 cm³/mol. The van der Waals surface area contributed by atoms with Gasteiger partial charge in [-0.05, 0) is 92.9 Å². The lowest BCUT2D eigenvalue weighted by molar-refractivity contribution is -0.208. The molecule has 0 aromatic heterocycles. The smallest absolute Gasteiger partial charge is 0.268 e. The minimum atomic E-state index is -0.503. The van der Waals surface area contributed by atoms with E-state index in [4.69, 9.17) is 0 Å². The molecular formula is C22H27N3O2. The number of carbonyl (C=O) groups is 2. The van der Waals surface area contributed by atoms with Gasteiger partial charge in [0.05, 0.1) is 11.7 Å². The quantitative estimate of drug-likeness (QED) is 0.893. The minimum Gasteiger partial charge on any atom is -0.326 e. The summed E-state index contributed by atoms with van der Waals surface area (Å²) in [6.07, 6.45) is 5.47. The van der Waals surface area contributed by atoms with Gasteiger partial charge in [0.1, 0.15) is 5.54 Å². The van der Waals surface area contributed by atoms with Crippen LogP contribution in [0.4, 0.5) is 11.4 Å². The molecule has 5 fully saturated rings. The van der Waals surface area contributed by atoms with E-state index in [0.29, 0.717) is 17.4 Å². The maximum Gasteiger partial charge on any atom is 0.268 e. The molecule has 1 spiro atoms. The van der Waals surface area contributed by atoms with E-state index in [1.807, 2.05) is 38.1 Å². The summed E-state index contributed by atoms with van der Waals surface area (Å²) in [7, 11) is 0. The molecule has 6 atom stereocenters. The van der Waals surface area contributed by atoms with Gasteiger partial charge in [-0.1, -0.05) is 0 Å². The Hall–Kier alpha value is -2.04. The second-order valence-electron chi connectivity index (χ2n) is 10.0. The Morgan fingerprint density at radius 1 is 1.11 bits per heavy atom. The number of hydrogen-bond donors (Lipinski definition) is 1. The zero-order chi connectivity index (χ0) is 18.7. The lowest BCUT2D eigenvalue weighted by atomic mass is 9.38. The van der Waals surface area contributed by atoms with Crippen molar-refractivity contribution < 1.29 is 9.59 Å². The van der Waals surface area contributed by atoms with Crippen LogP contribution in [0.25, 0.3) is 0 Å². The number of benzene rings is 1. The topological polar surface area (TPSA) is 52.7 Å². The van der Waals surface area contributed by atoms with Crippen LogP contribution in [-0.4, -0.2) is 28.4 Å². The van der Waals surface area contributed by atoms with Crippen LogP contribution in [0.15, 0.2) is 24.3 Å². The molecule has 5 nitrogen and oxygen atoms in total. The molecular weight excluding hydrogens is 338 g/mol. The van der Waals surface area contributed by atoms with Gasteiger partial charge in [0.25, 0.3) is 5.91 Å². The third-order valence-electron chi connectivity index (χ3n) is 8.61. The summed E-state index contributed by atoms with van der Waals surface area (Å²) in [5.74, 6) is 3.52. The Labute approximate surface area is 160 Å². The Morgan fingerprint density at radius 2 is 1.81 bits per heavy atom. The number of rotatable bonds is 3. The molecule has 2 bridgehead atoms. The maximum atomic E-state index is 13.1. The summed E-state index contributed by atoms with van der Waals surface area (Å²) in [5, 5.41) is 7.15. The average Bonchev–Trinajstić information content (AvgIpc) is 3.10. The Kier molecular flexibility index (Phi) is 2.77. The van der Waals surface area contributed by atoms with Crippen LogP contribution in [0, 0.1) is 29.1 Å². The van der Waals surface area contributed by atoms with Crippen molar-refractivity contribution in [3.63, 3.8) is 0 Å². The summed E-state index contributed by atoms with van der Waals surface area (Å²) in [5.41, 5.74) is 1.93. The van der Waals surface area contributed by atoms with Crippen molar-refractivity contribution in [2.75, 3.05) is 10.3 Å². The van der Waals surface area contributed by atoms with E-state index in [1.165, 1.54) is 32.6 Å². The lowest BCUT2D eigenvalue weighted by Crippen LogP contribution is -2.80. The molecule has 4 saturated carbocycles. The van der Waals surface area contributed by atoms with Crippen LogP contribution in [0.2, 0.25) is 0 Å². The molecule has 27 heavy (non-hydrogen) atoms. The molecule has 1 aromatic carbocycles. The van der Waals surface area contributed by atoms with Crippen LogP contribution in [0.5, 0.6) is 0 Å². The van der Waals surface area contributed by atoms with E-state index >= 15 is 0 Å². The van der Waals surface area contributed by atoms with Crippen LogP contribution in [-0.2, 0) is 9.59 Å². The van der Waals surface area contributed by atoms with E-state index in [0.717, 1.165) is 29.1 Å². The number of anilines is 2. The standard InChI is InChI=1S/C22H27N3O2/c1-12(26)23-16-4-6-17(7-5-16)25-21(2,3)20(27)24(25)19-13-8-14-9-15-10-18(19)22(14,15)11-13/h4-7,13-15,18-19H,8-11H2,1-3H3,(H,23,26). The van der Waals surface area contributed by atoms with Crippen molar-refractivity contribution in [3.8, 4) is 0 Å². The first kappa shape index (κ1) is 16.0. The van der Waals surface area contributed by atoms with Gasteiger partial charge in [0.15, 0.2) is 0 Å². The maximum absolute atomic E-state index is 13.1. The highest BCUT2D eigenvalue weighted by atomic mass is 16.2. The monoisotopic (exact) mass is 365 g/mol. The van der Waals surface area contributed by atoms with E-state index < -0.39 is 5.54 Å². The number of hydrazine groups is 1. The number of nitrogens with zero attached hydrogens (tertiary/aromatic N) is 2. The van der Waals surface area contributed by atoms with Gasteiger partial charge in [-0.25, -0.2) is 5.01 Å². The summed E-state index contributed by atoms with van der Waals surface area (Å²) in [4.78, 5) is 24.4. The third kappa shape index (κ3) is 1.68. The van der Waals surface area contributed by atoms with Gasteiger partial charge >= 0.3 is 0 Å². The highest BCUT2D eigenvalue weighted by Gasteiger charge is 2.79. The van der Waals surface area contributed by atoms with Crippen molar-refractivity contribution in [3.05, 3.63) is 24.3 Å². The van der Waals surface area contributed by atoms with Crippen LogP contribution in [0.1, 0.15) is 46.5 Å². The fraction of sp³-hybridized carbons (Fsp3) is 0.636. The first-order chi connectivity index (χ1) is 12.8. The summed E-state index contributed by atoms with van der Waals surface area (Å²) >= 11 is 0. The van der Waals surface area contributed by atoms with Crippen LogP contribution >= 0.6 is 0 Å². The SMILES string of the molecule is CC(=O)Nc1ccc(N2N(C3C4CC5CC6CC3C56C4)C(=O)C2(C)C)cc1. The number of hydrogen-bond acceptors (Lipinski definition) is 3. The van der Waals surface area contributed by atoms with Gasteiger partial charge in [0, 0.05) is 12.6 Å². The Bertz CT molecular complexity index is 863. The molecule has 1 heterocycles. The molecule has 5 heteroatoms. The number of nitrogens with one attached hydrogen (secondary N) is 1. The number of amides is 2. The molecule has 1 aliphatic heterocycles. The molecule has 6 rings (SSSR count). The lowest BCUT2D eigenvalue weighted by Gasteiger charge is -2.70. The van der Waals surface area contributed by atoms with Crippen molar-refractivity contribution in [1.29, 1.82) is 0 Å². The van der Waals surface area contributed by atoms with Crippen LogP contribution < -0.4 is 10.3 Å². The van der Waals surface area contributed by atoms with Crippen molar-refractivity contribution in [2.45, 2.75) is 58.0 Å². The number of fused-ring (bicyclic) bond motifs is 1. The normalized spacial score (nSPS) is 42.2.